The summed E-state index contributed by atoms with van der Waals surface area (Å²) in [5.41, 5.74) is -0.520. The second-order valence-corrected chi connectivity index (χ2v) is 5.86. The fraction of sp³-hybridized carbons (Fsp3) is 0.0909. The summed E-state index contributed by atoms with van der Waals surface area (Å²) in [7, 11) is 0. The molecule has 2 heterocycles. The van der Waals surface area contributed by atoms with E-state index in [1.165, 1.54) is 11.3 Å². The van der Waals surface area contributed by atoms with Crippen LogP contribution in [0.3, 0.4) is 0 Å². The number of carbonyl (C=O) groups excluding carboxylic acids is 1. The zero-order valence-corrected chi connectivity index (χ0v) is 12.1. The van der Waals surface area contributed by atoms with E-state index < -0.39 is 16.5 Å². The van der Waals surface area contributed by atoms with Gasteiger partial charge in [-0.2, -0.15) is 0 Å². The van der Waals surface area contributed by atoms with Crippen molar-refractivity contribution in [1.82, 2.24) is 10.3 Å². The molecule has 0 spiro atoms. The van der Waals surface area contributed by atoms with Gasteiger partial charge in [0.25, 0.3) is 11.6 Å². The molecule has 2 aromatic heterocycles. The zero-order chi connectivity index (χ0) is 14.7. The van der Waals surface area contributed by atoms with Crippen molar-refractivity contribution < 1.29 is 9.72 Å². The molecule has 0 saturated carbocycles. The molecule has 1 N–H and O–H groups in total. The molecule has 0 bridgehead atoms. The van der Waals surface area contributed by atoms with Gasteiger partial charge in [0.15, 0.2) is 0 Å². The Hall–Kier alpha value is -1.70. The van der Waals surface area contributed by atoms with Gasteiger partial charge in [-0.15, -0.1) is 11.3 Å². The molecule has 0 atom stereocenters. The summed E-state index contributed by atoms with van der Waals surface area (Å²) < 4.78 is 0.604. The number of pyridine rings is 1. The van der Waals surface area contributed by atoms with Crippen LogP contribution in [0.1, 0.15) is 15.2 Å². The van der Waals surface area contributed by atoms with Crippen LogP contribution in [0.25, 0.3) is 0 Å². The molecule has 1 amide bonds. The van der Waals surface area contributed by atoms with Gasteiger partial charge in [-0.1, -0.05) is 23.2 Å². The average molecular weight is 332 g/mol. The lowest BCUT2D eigenvalue weighted by molar-refractivity contribution is -0.385. The third-order valence-electron chi connectivity index (χ3n) is 2.34. The number of aromatic nitrogens is 1. The Morgan fingerprint density at radius 1 is 1.45 bits per heavy atom. The van der Waals surface area contributed by atoms with Gasteiger partial charge < -0.3 is 5.32 Å². The van der Waals surface area contributed by atoms with Gasteiger partial charge in [0, 0.05) is 4.88 Å². The maximum absolute atomic E-state index is 12.0. The fourth-order valence-corrected chi connectivity index (χ4v) is 2.64. The molecule has 0 saturated heterocycles. The van der Waals surface area contributed by atoms with E-state index in [0.717, 1.165) is 17.1 Å². The number of carbonyl (C=O) groups is 1. The molecule has 0 aliphatic heterocycles. The van der Waals surface area contributed by atoms with Gasteiger partial charge in [-0.05, 0) is 18.2 Å². The lowest BCUT2D eigenvalue weighted by atomic mass is 10.2. The van der Waals surface area contributed by atoms with Crippen LogP contribution in [0.4, 0.5) is 5.69 Å². The molecule has 0 aliphatic rings. The average Bonchev–Trinajstić information content (AvgIpc) is 2.81. The van der Waals surface area contributed by atoms with Gasteiger partial charge in [0.2, 0.25) is 0 Å². The van der Waals surface area contributed by atoms with Crippen LogP contribution in [0.15, 0.2) is 24.4 Å². The van der Waals surface area contributed by atoms with Crippen molar-refractivity contribution in [3.63, 3.8) is 0 Å². The van der Waals surface area contributed by atoms with Crippen molar-refractivity contribution in [1.29, 1.82) is 0 Å². The van der Waals surface area contributed by atoms with Crippen molar-refractivity contribution in [2.24, 2.45) is 0 Å². The Balaban J connectivity index is 2.16. The number of nitro groups is 1. The topological polar surface area (TPSA) is 85.1 Å². The van der Waals surface area contributed by atoms with Gasteiger partial charge >= 0.3 is 0 Å². The molecule has 6 nitrogen and oxygen atoms in total. The lowest BCUT2D eigenvalue weighted by Gasteiger charge is -2.04. The Labute approximate surface area is 127 Å². The second kappa shape index (κ2) is 6.17. The van der Waals surface area contributed by atoms with Crippen LogP contribution >= 0.6 is 34.5 Å². The van der Waals surface area contributed by atoms with Crippen LogP contribution in [0.2, 0.25) is 9.49 Å². The predicted octanol–water partition coefficient (Wildman–Crippen LogP) is 3.29. The summed E-state index contributed by atoms with van der Waals surface area (Å²) in [6.07, 6.45) is 0.958. The second-order valence-electron chi connectivity index (χ2n) is 3.67. The highest BCUT2D eigenvalue weighted by Crippen LogP contribution is 2.22. The van der Waals surface area contributed by atoms with Crippen LogP contribution in [-0.4, -0.2) is 15.8 Å². The van der Waals surface area contributed by atoms with Crippen LogP contribution in [-0.2, 0) is 6.54 Å². The van der Waals surface area contributed by atoms with Crippen molar-refractivity contribution in [2.45, 2.75) is 6.54 Å². The van der Waals surface area contributed by atoms with E-state index in [4.69, 9.17) is 23.2 Å². The Morgan fingerprint density at radius 3 is 2.80 bits per heavy atom. The van der Waals surface area contributed by atoms with Crippen molar-refractivity contribution in [3.05, 3.63) is 54.4 Å². The number of amides is 1. The first-order chi connectivity index (χ1) is 9.47. The number of nitrogens with zero attached hydrogens (tertiary/aromatic N) is 2. The van der Waals surface area contributed by atoms with Gasteiger partial charge in [-0.25, -0.2) is 4.98 Å². The molecule has 104 valence electrons. The summed E-state index contributed by atoms with van der Waals surface area (Å²) in [5, 5.41) is 13.4. The van der Waals surface area contributed by atoms with Crippen LogP contribution < -0.4 is 5.32 Å². The molecular weight excluding hydrogens is 325 g/mol. The molecule has 2 rings (SSSR count). The fourth-order valence-electron chi connectivity index (χ4n) is 1.46. The molecule has 2 aromatic rings. The van der Waals surface area contributed by atoms with E-state index in [0.29, 0.717) is 4.34 Å². The molecular formula is C11H7Cl2N3O3S. The maximum atomic E-state index is 12.0. The van der Waals surface area contributed by atoms with E-state index in [2.05, 4.69) is 10.3 Å². The molecule has 0 fully saturated rings. The predicted molar refractivity (Wildman–Crippen MR) is 76.4 cm³/mol. The van der Waals surface area contributed by atoms with E-state index in [1.54, 1.807) is 12.1 Å². The monoisotopic (exact) mass is 331 g/mol. The van der Waals surface area contributed by atoms with E-state index in [1.807, 2.05) is 0 Å². The highest BCUT2D eigenvalue weighted by molar-refractivity contribution is 7.16. The first-order valence-electron chi connectivity index (χ1n) is 5.29. The number of halogens is 2. The van der Waals surface area contributed by atoms with Crippen LogP contribution in [0, 0.1) is 10.1 Å². The minimum absolute atomic E-state index is 0.0138. The number of rotatable bonds is 4. The van der Waals surface area contributed by atoms with E-state index in [-0.39, 0.29) is 17.3 Å². The summed E-state index contributed by atoms with van der Waals surface area (Å²) in [4.78, 5) is 26.6. The summed E-state index contributed by atoms with van der Waals surface area (Å²) >= 11 is 12.7. The minimum atomic E-state index is -0.680. The molecule has 9 heteroatoms. The smallest absolute Gasteiger partial charge is 0.300 e. The van der Waals surface area contributed by atoms with Crippen molar-refractivity contribution in [3.8, 4) is 0 Å². The van der Waals surface area contributed by atoms with E-state index >= 15 is 0 Å². The first kappa shape index (κ1) is 14.7. The molecule has 20 heavy (non-hydrogen) atoms. The largest absolute Gasteiger partial charge is 0.347 e. The van der Waals surface area contributed by atoms with Gasteiger partial charge in [-0.3, -0.25) is 14.9 Å². The third-order valence-corrected chi connectivity index (χ3v) is 3.78. The normalized spacial score (nSPS) is 10.3. The number of hydrogen-bond acceptors (Lipinski definition) is 5. The van der Waals surface area contributed by atoms with Crippen LogP contribution in [0.5, 0.6) is 0 Å². The maximum Gasteiger partial charge on any atom is 0.300 e. The van der Waals surface area contributed by atoms with Crippen molar-refractivity contribution in [2.75, 3.05) is 0 Å². The Morgan fingerprint density at radius 2 is 2.20 bits per heavy atom. The Bertz CT molecular complexity index is 675. The number of thiophene rings is 1. The third kappa shape index (κ3) is 3.44. The molecule has 0 unspecified atom stereocenters. The zero-order valence-electron chi connectivity index (χ0n) is 9.80. The Kier molecular flexibility index (Phi) is 4.53. The van der Waals surface area contributed by atoms with Gasteiger partial charge in [0.1, 0.15) is 16.9 Å². The molecule has 0 radical (unpaired) electrons. The summed E-state index contributed by atoms with van der Waals surface area (Å²) in [5.74, 6) is -0.592. The van der Waals surface area contributed by atoms with Crippen molar-refractivity contribution >= 4 is 46.1 Å². The highest BCUT2D eigenvalue weighted by atomic mass is 35.5. The lowest BCUT2D eigenvalue weighted by Crippen LogP contribution is -2.23. The first-order valence-corrected chi connectivity index (χ1v) is 6.87. The van der Waals surface area contributed by atoms with Gasteiger partial charge in [0.05, 0.1) is 15.8 Å². The number of nitrogens with one attached hydrogen (secondary N) is 1. The standard InChI is InChI=1S/C11H7Cl2N3O3S/c12-9-3-7(8(5-14-9)16(18)19)11(17)15-4-6-1-2-10(13)20-6/h1-3,5H,4H2,(H,15,17). The molecule has 0 aromatic carbocycles. The highest BCUT2D eigenvalue weighted by Gasteiger charge is 2.21. The van der Waals surface area contributed by atoms with E-state index in [9.17, 15) is 14.9 Å². The SMILES string of the molecule is O=C(NCc1ccc(Cl)s1)c1cc(Cl)ncc1[N+](=O)[O-]. The summed E-state index contributed by atoms with van der Waals surface area (Å²) in [6, 6.07) is 4.64. The minimum Gasteiger partial charge on any atom is -0.347 e. The number of hydrogen-bond donors (Lipinski definition) is 1. The molecule has 0 aliphatic carbocycles. The summed E-state index contributed by atoms with van der Waals surface area (Å²) in [6.45, 7) is 0.229. The quantitative estimate of drug-likeness (QED) is 0.529.